The Balaban J connectivity index is 2.39. The van der Waals surface area contributed by atoms with Crippen molar-refractivity contribution in [1.82, 2.24) is 10.2 Å². The molecule has 0 aliphatic carbocycles. The molecule has 0 amide bonds. The smallest absolute Gasteiger partial charge is 0.291 e. The number of rotatable bonds is 2. The second-order valence-electron chi connectivity index (χ2n) is 3.16. The largest absolute Gasteiger partial charge is 0.348 e. The van der Waals surface area contributed by atoms with Crippen molar-refractivity contribution in [2.24, 2.45) is 0 Å². The zero-order valence-corrected chi connectivity index (χ0v) is 8.30. The van der Waals surface area contributed by atoms with E-state index < -0.39 is 28.8 Å². The summed E-state index contributed by atoms with van der Waals surface area (Å²) in [7, 11) is 0. The lowest BCUT2D eigenvalue weighted by Crippen LogP contribution is -2.17. The standard InChI is InChI=1S/C10H6F3N3O/c11-5-1-3-6(4-2-5)14-8-7(12)9(13)15-16-10(8)17/h1-4H,(H,14,15)(H,16,17). The van der Waals surface area contributed by atoms with Crippen LogP contribution in [0, 0.1) is 17.6 Å². The molecule has 2 aromatic rings. The van der Waals surface area contributed by atoms with Crippen LogP contribution >= 0.6 is 0 Å². The summed E-state index contributed by atoms with van der Waals surface area (Å²) in [6.07, 6.45) is 0. The minimum atomic E-state index is -1.42. The number of nitrogens with zero attached hydrogens (tertiary/aromatic N) is 1. The molecule has 1 heterocycles. The Kier molecular flexibility index (Phi) is 2.82. The van der Waals surface area contributed by atoms with E-state index >= 15 is 0 Å². The van der Waals surface area contributed by atoms with Gasteiger partial charge in [0, 0.05) is 5.69 Å². The lowest BCUT2D eigenvalue weighted by Gasteiger charge is -2.05. The lowest BCUT2D eigenvalue weighted by atomic mass is 10.3. The summed E-state index contributed by atoms with van der Waals surface area (Å²) in [5, 5.41) is 6.94. The van der Waals surface area contributed by atoms with Crippen LogP contribution < -0.4 is 10.9 Å². The summed E-state index contributed by atoms with van der Waals surface area (Å²) in [5.41, 5.74) is -1.27. The van der Waals surface area contributed by atoms with Crippen LogP contribution in [0.3, 0.4) is 0 Å². The molecule has 1 aromatic carbocycles. The van der Waals surface area contributed by atoms with Crippen molar-refractivity contribution in [2.75, 3.05) is 5.32 Å². The lowest BCUT2D eigenvalue weighted by molar-refractivity contribution is 0.466. The number of hydrogen-bond donors (Lipinski definition) is 2. The van der Waals surface area contributed by atoms with E-state index in [1.807, 2.05) is 0 Å². The Morgan fingerprint density at radius 3 is 2.41 bits per heavy atom. The van der Waals surface area contributed by atoms with Gasteiger partial charge in [0.05, 0.1) is 0 Å². The van der Waals surface area contributed by atoms with E-state index in [0.29, 0.717) is 0 Å². The zero-order chi connectivity index (χ0) is 12.4. The van der Waals surface area contributed by atoms with Crippen LogP contribution in [0.2, 0.25) is 0 Å². The molecule has 17 heavy (non-hydrogen) atoms. The zero-order valence-electron chi connectivity index (χ0n) is 8.30. The van der Waals surface area contributed by atoms with Crippen molar-refractivity contribution in [2.45, 2.75) is 0 Å². The minimum absolute atomic E-state index is 0.251. The van der Waals surface area contributed by atoms with E-state index in [4.69, 9.17) is 0 Å². The first-order valence-electron chi connectivity index (χ1n) is 4.54. The predicted octanol–water partition coefficient (Wildman–Crippen LogP) is 1.93. The van der Waals surface area contributed by atoms with Crippen LogP contribution in [0.15, 0.2) is 29.1 Å². The second-order valence-corrected chi connectivity index (χ2v) is 3.16. The molecular formula is C10H6F3N3O. The Morgan fingerprint density at radius 2 is 1.76 bits per heavy atom. The summed E-state index contributed by atoms with van der Waals surface area (Å²) in [6.45, 7) is 0. The number of H-pyrrole nitrogens is 1. The molecule has 88 valence electrons. The van der Waals surface area contributed by atoms with Gasteiger partial charge in [0.15, 0.2) is 0 Å². The van der Waals surface area contributed by atoms with E-state index in [2.05, 4.69) is 10.4 Å². The van der Waals surface area contributed by atoms with Crippen molar-refractivity contribution >= 4 is 11.4 Å². The van der Waals surface area contributed by atoms with Gasteiger partial charge in [-0.25, -0.2) is 9.49 Å². The number of anilines is 2. The molecule has 1 aromatic heterocycles. The van der Waals surface area contributed by atoms with Crippen LogP contribution in [-0.4, -0.2) is 10.2 Å². The van der Waals surface area contributed by atoms with Crippen molar-refractivity contribution in [3.8, 4) is 0 Å². The fraction of sp³-hybridized carbons (Fsp3) is 0. The third kappa shape index (κ3) is 2.27. The quantitative estimate of drug-likeness (QED) is 0.844. The highest BCUT2D eigenvalue weighted by molar-refractivity contribution is 5.58. The Labute approximate surface area is 93.1 Å². The van der Waals surface area contributed by atoms with Crippen LogP contribution in [0.25, 0.3) is 0 Å². The highest BCUT2D eigenvalue weighted by Gasteiger charge is 2.14. The van der Waals surface area contributed by atoms with Gasteiger partial charge in [-0.3, -0.25) is 4.79 Å². The predicted molar refractivity (Wildman–Crippen MR) is 54.5 cm³/mol. The van der Waals surface area contributed by atoms with E-state index in [9.17, 15) is 18.0 Å². The van der Waals surface area contributed by atoms with Crippen molar-refractivity contribution < 1.29 is 13.2 Å². The van der Waals surface area contributed by atoms with Crippen molar-refractivity contribution in [1.29, 1.82) is 0 Å². The third-order valence-corrected chi connectivity index (χ3v) is 2.00. The molecule has 0 fully saturated rings. The van der Waals surface area contributed by atoms with E-state index in [0.717, 1.165) is 12.1 Å². The highest BCUT2D eigenvalue weighted by Crippen LogP contribution is 2.16. The number of benzene rings is 1. The average Bonchev–Trinajstić information content (AvgIpc) is 2.32. The monoisotopic (exact) mass is 241 g/mol. The van der Waals surface area contributed by atoms with Crippen molar-refractivity contribution in [3.63, 3.8) is 0 Å². The van der Waals surface area contributed by atoms with E-state index in [1.54, 1.807) is 5.10 Å². The molecule has 7 heteroatoms. The van der Waals surface area contributed by atoms with Gasteiger partial charge < -0.3 is 5.32 Å². The van der Waals surface area contributed by atoms with E-state index in [1.165, 1.54) is 12.1 Å². The fourth-order valence-corrected chi connectivity index (χ4v) is 1.20. The van der Waals surface area contributed by atoms with Gasteiger partial charge in [-0.15, -0.1) is 5.10 Å². The van der Waals surface area contributed by atoms with Crippen molar-refractivity contribution in [3.05, 3.63) is 52.2 Å². The van der Waals surface area contributed by atoms with Gasteiger partial charge in [-0.05, 0) is 24.3 Å². The maximum absolute atomic E-state index is 13.2. The summed E-state index contributed by atoms with van der Waals surface area (Å²) in [5.74, 6) is -3.29. The molecule has 0 spiro atoms. The fourth-order valence-electron chi connectivity index (χ4n) is 1.20. The molecule has 0 saturated heterocycles. The summed E-state index contributed by atoms with van der Waals surface area (Å²) < 4.78 is 38.6. The normalized spacial score (nSPS) is 10.3. The molecule has 2 N–H and O–H groups in total. The molecule has 0 saturated carbocycles. The summed E-state index contributed by atoms with van der Waals surface area (Å²) in [4.78, 5) is 11.2. The summed E-state index contributed by atoms with van der Waals surface area (Å²) in [6, 6.07) is 4.80. The van der Waals surface area contributed by atoms with Crippen LogP contribution in [-0.2, 0) is 0 Å². The van der Waals surface area contributed by atoms with Gasteiger partial charge in [0.25, 0.3) is 11.5 Å². The first kappa shape index (κ1) is 11.2. The highest BCUT2D eigenvalue weighted by atomic mass is 19.2. The number of aromatic nitrogens is 2. The van der Waals surface area contributed by atoms with Gasteiger partial charge in [-0.2, -0.15) is 8.78 Å². The Morgan fingerprint density at radius 1 is 1.12 bits per heavy atom. The Hall–Kier alpha value is -2.31. The molecule has 0 unspecified atom stereocenters. The first-order valence-corrected chi connectivity index (χ1v) is 4.54. The SMILES string of the molecule is O=c1[nH]nc(F)c(F)c1Nc1ccc(F)cc1. The molecule has 0 aliphatic heterocycles. The maximum Gasteiger partial charge on any atom is 0.291 e. The van der Waals surface area contributed by atoms with E-state index in [-0.39, 0.29) is 5.69 Å². The summed E-state index contributed by atoms with van der Waals surface area (Å²) >= 11 is 0. The Bertz CT molecular complexity index is 595. The van der Waals surface area contributed by atoms with Gasteiger partial charge >= 0.3 is 0 Å². The number of aromatic amines is 1. The van der Waals surface area contributed by atoms with Crippen LogP contribution in [0.5, 0.6) is 0 Å². The average molecular weight is 241 g/mol. The molecule has 0 bridgehead atoms. The van der Waals surface area contributed by atoms with Gasteiger partial charge in [0.2, 0.25) is 5.82 Å². The number of halogens is 3. The molecular weight excluding hydrogens is 235 g/mol. The molecule has 0 aliphatic rings. The second kappa shape index (κ2) is 4.28. The first-order chi connectivity index (χ1) is 8.08. The molecule has 0 atom stereocenters. The van der Waals surface area contributed by atoms with Crippen LogP contribution in [0.4, 0.5) is 24.5 Å². The maximum atomic E-state index is 13.2. The topological polar surface area (TPSA) is 57.8 Å². The van der Waals surface area contributed by atoms with Crippen LogP contribution in [0.1, 0.15) is 0 Å². The minimum Gasteiger partial charge on any atom is -0.348 e. The third-order valence-electron chi connectivity index (χ3n) is 2.00. The van der Waals surface area contributed by atoms with Gasteiger partial charge in [0.1, 0.15) is 11.5 Å². The number of hydrogen-bond acceptors (Lipinski definition) is 3. The molecule has 4 nitrogen and oxygen atoms in total. The molecule has 0 radical (unpaired) electrons. The number of nitrogens with one attached hydrogen (secondary N) is 2. The van der Waals surface area contributed by atoms with Gasteiger partial charge in [-0.1, -0.05) is 0 Å². The molecule has 2 rings (SSSR count).